The van der Waals surface area contributed by atoms with Gasteiger partial charge in [-0.05, 0) is 63.1 Å². The lowest BCUT2D eigenvalue weighted by Crippen LogP contribution is -2.39. The third kappa shape index (κ3) is 5.26. The number of hydrogen-bond donors (Lipinski definition) is 1. The molecule has 3 aromatic rings. The van der Waals surface area contributed by atoms with Gasteiger partial charge in [-0.3, -0.25) is 4.72 Å². The van der Waals surface area contributed by atoms with Gasteiger partial charge in [0.05, 0.1) is 16.6 Å². The molecule has 1 aliphatic heterocycles. The van der Waals surface area contributed by atoms with E-state index in [9.17, 15) is 16.8 Å². The van der Waals surface area contributed by atoms with Crippen molar-refractivity contribution in [1.29, 1.82) is 0 Å². The predicted octanol–water partition coefficient (Wildman–Crippen LogP) is 3.37. The Morgan fingerprint density at radius 3 is 2.42 bits per heavy atom. The van der Waals surface area contributed by atoms with E-state index in [0.717, 1.165) is 12.0 Å². The first-order valence-corrected chi connectivity index (χ1v) is 13.8. The number of benzene rings is 2. The van der Waals surface area contributed by atoms with E-state index in [4.69, 9.17) is 4.52 Å². The average Bonchev–Trinajstić information content (AvgIpc) is 3.30. The number of aromatic nitrogens is 2. The van der Waals surface area contributed by atoms with Crippen molar-refractivity contribution >= 4 is 25.7 Å². The minimum atomic E-state index is -3.60. The van der Waals surface area contributed by atoms with Crippen LogP contribution < -0.4 is 4.72 Å². The molecule has 1 atom stereocenters. The van der Waals surface area contributed by atoms with E-state index < -0.39 is 20.0 Å². The zero-order valence-corrected chi connectivity index (χ0v) is 20.1. The van der Waals surface area contributed by atoms with Crippen LogP contribution >= 0.6 is 0 Å². The molecule has 2 aromatic carbocycles. The number of nitrogens with one attached hydrogen (secondary N) is 1. The Morgan fingerprint density at radius 1 is 1.06 bits per heavy atom. The Hall–Kier alpha value is -2.76. The van der Waals surface area contributed by atoms with Gasteiger partial charge in [0.15, 0.2) is 0 Å². The molecule has 1 aliphatic rings. The van der Waals surface area contributed by atoms with Crippen molar-refractivity contribution in [1.82, 2.24) is 14.4 Å². The molecule has 0 saturated carbocycles. The molecule has 0 amide bonds. The average molecular weight is 491 g/mol. The van der Waals surface area contributed by atoms with Gasteiger partial charge in [0.1, 0.15) is 0 Å². The molecular formula is C22H26N4O5S2. The van der Waals surface area contributed by atoms with Crippen LogP contribution in [0.4, 0.5) is 5.69 Å². The molecule has 0 spiro atoms. The number of aryl methyl sites for hydroxylation is 1. The fourth-order valence-corrected chi connectivity index (χ4v) is 5.84. The van der Waals surface area contributed by atoms with Gasteiger partial charge < -0.3 is 4.52 Å². The lowest BCUT2D eigenvalue weighted by molar-refractivity contribution is 0.265. The standard InChI is InChI=1S/C22H26N4O5S2/c1-3-32(27,28)25-19-10-8-17(9-11-19)21-23-22(31-24-21)18-5-4-14-26(15-18)33(29,30)20-12-6-16(2)7-13-20/h6-13,18,25H,3-5,14-15H2,1-2H3/t18-/m1/s1. The van der Waals surface area contributed by atoms with Crippen molar-refractivity contribution in [2.75, 3.05) is 23.6 Å². The number of piperidine rings is 1. The number of hydrogen-bond acceptors (Lipinski definition) is 7. The van der Waals surface area contributed by atoms with Crippen molar-refractivity contribution in [3.63, 3.8) is 0 Å². The van der Waals surface area contributed by atoms with Gasteiger partial charge in [-0.15, -0.1) is 0 Å². The van der Waals surface area contributed by atoms with Crippen LogP contribution in [0.2, 0.25) is 0 Å². The number of sulfonamides is 2. The van der Waals surface area contributed by atoms with Crippen molar-refractivity contribution in [2.24, 2.45) is 0 Å². The lowest BCUT2D eigenvalue weighted by atomic mass is 10.00. The Balaban J connectivity index is 1.48. The fraction of sp³-hybridized carbons (Fsp3) is 0.364. The molecule has 0 aliphatic carbocycles. The van der Waals surface area contributed by atoms with Gasteiger partial charge in [0, 0.05) is 24.3 Å². The molecule has 11 heteroatoms. The second-order valence-corrected chi connectivity index (χ2v) is 12.0. The van der Waals surface area contributed by atoms with Gasteiger partial charge in [0.25, 0.3) is 0 Å². The quantitative estimate of drug-likeness (QED) is 0.539. The topological polar surface area (TPSA) is 122 Å². The van der Waals surface area contributed by atoms with Crippen LogP contribution in [0.3, 0.4) is 0 Å². The highest BCUT2D eigenvalue weighted by molar-refractivity contribution is 7.92. The molecular weight excluding hydrogens is 464 g/mol. The zero-order chi connectivity index (χ0) is 23.6. The summed E-state index contributed by atoms with van der Waals surface area (Å²) in [6.07, 6.45) is 1.44. The molecule has 9 nitrogen and oxygen atoms in total. The number of rotatable bonds is 7. The SMILES string of the molecule is CCS(=O)(=O)Nc1ccc(-c2noc([C@@H]3CCCN(S(=O)(=O)c4ccc(C)cc4)C3)n2)cc1. The molecule has 176 valence electrons. The lowest BCUT2D eigenvalue weighted by Gasteiger charge is -2.30. The van der Waals surface area contributed by atoms with Crippen LogP contribution in [0, 0.1) is 6.92 Å². The summed E-state index contributed by atoms with van der Waals surface area (Å²) in [5.74, 6) is 0.551. The smallest absolute Gasteiger partial charge is 0.243 e. The highest BCUT2D eigenvalue weighted by atomic mass is 32.2. The van der Waals surface area contributed by atoms with E-state index in [2.05, 4.69) is 14.9 Å². The molecule has 1 N–H and O–H groups in total. The highest BCUT2D eigenvalue weighted by Crippen LogP contribution is 2.31. The second kappa shape index (κ2) is 9.24. The Labute approximate surface area is 193 Å². The fourth-order valence-electron chi connectivity index (χ4n) is 3.68. The first-order valence-electron chi connectivity index (χ1n) is 10.7. The molecule has 1 fully saturated rings. The summed E-state index contributed by atoms with van der Waals surface area (Å²) in [5, 5.41) is 4.04. The van der Waals surface area contributed by atoms with Crippen LogP contribution in [-0.2, 0) is 20.0 Å². The van der Waals surface area contributed by atoms with E-state index in [0.29, 0.717) is 35.9 Å². The maximum atomic E-state index is 13.1. The summed E-state index contributed by atoms with van der Waals surface area (Å²) in [7, 11) is -6.95. The first kappa shape index (κ1) is 23.4. The minimum absolute atomic E-state index is 0.0129. The summed E-state index contributed by atoms with van der Waals surface area (Å²) < 4.78 is 59.0. The largest absolute Gasteiger partial charge is 0.339 e. The van der Waals surface area contributed by atoms with E-state index in [1.54, 1.807) is 55.5 Å². The van der Waals surface area contributed by atoms with Crippen molar-refractivity contribution < 1.29 is 21.4 Å². The molecule has 0 radical (unpaired) electrons. The summed E-state index contributed by atoms with van der Waals surface area (Å²) in [6.45, 7) is 4.20. The number of nitrogens with zero attached hydrogens (tertiary/aromatic N) is 3. The van der Waals surface area contributed by atoms with Crippen LogP contribution in [0.25, 0.3) is 11.4 Å². The van der Waals surface area contributed by atoms with Crippen molar-refractivity contribution in [2.45, 2.75) is 37.5 Å². The second-order valence-electron chi connectivity index (χ2n) is 8.05. The van der Waals surface area contributed by atoms with E-state index in [-0.39, 0.29) is 23.1 Å². The van der Waals surface area contributed by atoms with Crippen molar-refractivity contribution in [3.8, 4) is 11.4 Å². The molecule has 4 rings (SSSR count). The maximum Gasteiger partial charge on any atom is 0.243 e. The summed E-state index contributed by atoms with van der Waals surface area (Å²) in [6, 6.07) is 13.5. The van der Waals surface area contributed by atoms with Crippen LogP contribution in [0.5, 0.6) is 0 Å². The summed E-state index contributed by atoms with van der Waals surface area (Å²) >= 11 is 0. The monoisotopic (exact) mass is 490 g/mol. The Kier molecular flexibility index (Phi) is 6.55. The number of anilines is 1. The molecule has 0 unspecified atom stereocenters. The molecule has 2 heterocycles. The Bertz CT molecular complexity index is 1320. The van der Waals surface area contributed by atoms with Crippen LogP contribution in [0.15, 0.2) is 57.9 Å². The van der Waals surface area contributed by atoms with Gasteiger partial charge >= 0.3 is 0 Å². The van der Waals surface area contributed by atoms with Crippen LogP contribution in [0.1, 0.15) is 37.1 Å². The zero-order valence-electron chi connectivity index (χ0n) is 18.4. The van der Waals surface area contributed by atoms with Gasteiger partial charge in [0.2, 0.25) is 31.8 Å². The van der Waals surface area contributed by atoms with Gasteiger partial charge in [-0.1, -0.05) is 22.9 Å². The third-order valence-corrected chi connectivity index (χ3v) is 8.82. The maximum absolute atomic E-state index is 13.1. The van der Waals surface area contributed by atoms with Crippen molar-refractivity contribution in [3.05, 3.63) is 60.0 Å². The normalized spacial score (nSPS) is 17.7. The Morgan fingerprint density at radius 2 is 1.76 bits per heavy atom. The van der Waals surface area contributed by atoms with E-state index >= 15 is 0 Å². The van der Waals surface area contributed by atoms with Crippen LogP contribution in [-0.4, -0.2) is 50.1 Å². The predicted molar refractivity (Wildman–Crippen MR) is 125 cm³/mol. The third-order valence-electron chi connectivity index (χ3n) is 5.63. The summed E-state index contributed by atoms with van der Waals surface area (Å²) in [5.41, 5.74) is 2.12. The first-order chi connectivity index (χ1) is 15.7. The molecule has 0 bridgehead atoms. The summed E-state index contributed by atoms with van der Waals surface area (Å²) in [4.78, 5) is 4.76. The minimum Gasteiger partial charge on any atom is -0.339 e. The van der Waals surface area contributed by atoms with E-state index in [1.807, 2.05) is 6.92 Å². The van der Waals surface area contributed by atoms with Gasteiger partial charge in [-0.2, -0.15) is 9.29 Å². The van der Waals surface area contributed by atoms with Gasteiger partial charge in [-0.25, -0.2) is 16.8 Å². The molecule has 1 saturated heterocycles. The molecule has 1 aromatic heterocycles. The van der Waals surface area contributed by atoms with E-state index in [1.165, 1.54) is 4.31 Å². The molecule has 33 heavy (non-hydrogen) atoms. The highest BCUT2D eigenvalue weighted by Gasteiger charge is 2.33.